The summed E-state index contributed by atoms with van der Waals surface area (Å²) in [6, 6.07) is 8.58. The third kappa shape index (κ3) is 4.55. The number of anilines is 1. The molecule has 1 fully saturated rings. The summed E-state index contributed by atoms with van der Waals surface area (Å²) in [5.41, 5.74) is 2.14. The number of amides is 1. The van der Waals surface area contributed by atoms with Crippen LogP contribution in [0.2, 0.25) is 0 Å². The first-order chi connectivity index (χ1) is 10.6. The van der Waals surface area contributed by atoms with E-state index >= 15 is 0 Å². The number of carbonyl (C=O) groups excluding carboxylic acids is 1. The van der Waals surface area contributed by atoms with Crippen molar-refractivity contribution in [3.63, 3.8) is 0 Å². The van der Waals surface area contributed by atoms with Gasteiger partial charge in [-0.25, -0.2) is 0 Å². The van der Waals surface area contributed by atoms with Gasteiger partial charge in [0.15, 0.2) is 0 Å². The van der Waals surface area contributed by atoms with E-state index in [1.807, 2.05) is 18.2 Å². The van der Waals surface area contributed by atoms with Gasteiger partial charge in [0, 0.05) is 18.3 Å². The number of carbonyl (C=O) groups is 1. The van der Waals surface area contributed by atoms with Crippen LogP contribution >= 0.6 is 0 Å². The summed E-state index contributed by atoms with van der Waals surface area (Å²) in [5.74, 6) is 0.496. The number of rotatable bonds is 7. The average Bonchev–Trinajstić information content (AvgIpc) is 3.01. The molecule has 22 heavy (non-hydrogen) atoms. The van der Waals surface area contributed by atoms with Crippen LogP contribution < -0.4 is 10.6 Å². The van der Waals surface area contributed by atoms with Crippen molar-refractivity contribution in [2.24, 2.45) is 0 Å². The minimum atomic E-state index is 0.0912. The molecular weight excluding hydrogens is 274 g/mol. The van der Waals surface area contributed by atoms with E-state index in [1.54, 1.807) is 0 Å². The van der Waals surface area contributed by atoms with Gasteiger partial charge >= 0.3 is 0 Å². The number of nitrogens with one attached hydrogen (secondary N) is 2. The van der Waals surface area contributed by atoms with Crippen molar-refractivity contribution in [1.82, 2.24) is 10.2 Å². The minimum Gasteiger partial charge on any atom is -0.325 e. The summed E-state index contributed by atoms with van der Waals surface area (Å²) in [4.78, 5) is 14.8. The lowest BCUT2D eigenvalue weighted by Gasteiger charge is -2.27. The van der Waals surface area contributed by atoms with Gasteiger partial charge in [0.25, 0.3) is 0 Å². The molecule has 1 saturated heterocycles. The molecule has 0 aromatic heterocycles. The molecule has 4 heteroatoms. The monoisotopic (exact) mass is 303 g/mol. The predicted octanol–water partition coefficient (Wildman–Crippen LogP) is 2.82. The first-order valence-electron chi connectivity index (χ1n) is 8.45. The molecule has 1 aromatic carbocycles. The Labute approximate surface area is 134 Å². The molecule has 2 N–H and O–H groups in total. The molecule has 1 aromatic rings. The van der Waals surface area contributed by atoms with Crippen molar-refractivity contribution in [2.75, 3.05) is 31.5 Å². The van der Waals surface area contributed by atoms with Crippen molar-refractivity contribution in [1.29, 1.82) is 0 Å². The maximum atomic E-state index is 12.5. The van der Waals surface area contributed by atoms with Gasteiger partial charge in [-0.3, -0.25) is 9.69 Å². The van der Waals surface area contributed by atoms with E-state index in [-0.39, 0.29) is 5.91 Å². The highest BCUT2D eigenvalue weighted by molar-refractivity contribution is 5.93. The molecule has 0 bridgehead atoms. The molecule has 1 aliphatic rings. The third-order valence-corrected chi connectivity index (χ3v) is 4.27. The number of nitrogens with zero attached hydrogens (tertiary/aromatic N) is 1. The van der Waals surface area contributed by atoms with Gasteiger partial charge in [0.2, 0.25) is 5.91 Å². The van der Waals surface area contributed by atoms with Crippen molar-refractivity contribution in [3.05, 3.63) is 29.8 Å². The van der Waals surface area contributed by atoms with Crippen LogP contribution in [-0.4, -0.2) is 43.0 Å². The number of para-hydroxylation sites is 1. The Morgan fingerprint density at radius 3 is 2.82 bits per heavy atom. The van der Waals surface area contributed by atoms with Gasteiger partial charge in [-0.15, -0.1) is 0 Å². The van der Waals surface area contributed by atoms with Gasteiger partial charge in [0.05, 0.1) is 6.54 Å². The predicted molar refractivity (Wildman–Crippen MR) is 92.3 cm³/mol. The highest BCUT2D eigenvalue weighted by atomic mass is 16.2. The van der Waals surface area contributed by atoms with Crippen molar-refractivity contribution < 1.29 is 4.79 Å². The van der Waals surface area contributed by atoms with Gasteiger partial charge in [0.1, 0.15) is 0 Å². The van der Waals surface area contributed by atoms with Crippen LogP contribution in [0.5, 0.6) is 0 Å². The number of hydrogen-bond acceptors (Lipinski definition) is 3. The molecule has 0 saturated carbocycles. The molecule has 0 aliphatic carbocycles. The van der Waals surface area contributed by atoms with Crippen LogP contribution in [0.25, 0.3) is 0 Å². The van der Waals surface area contributed by atoms with E-state index in [9.17, 15) is 4.79 Å². The molecular formula is C18H29N3O. The zero-order chi connectivity index (χ0) is 15.9. The largest absolute Gasteiger partial charge is 0.325 e. The van der Waals surface area contributed by atoms with Crippen LogP contribution in [0, 0.1) is 0 Å². The molecule has 0 radical (unpaired) electrons. The topological polar surface area (TPSA) is 44.4 Å². The second-order valence-corrected chi connectivity index (χ2v) is 6.41. The van der Waals surface area contributed by atoms with E-state index in [4.69, 9.17) is 0 Å². The van der Waals surface area contributed by atoms with E-state index in [0.717, 1.165) is 38.2 Å². The lowest BCUT2D eigenvalue weighted by molar-refractivity contribution is -0.117. The van der Waals surface area contributed by atoms with E-state index in [1.165, 1.54) is 5.56 Å². The Bertz CT molecular complexity index is 481. The second kappa shape index (κ2) is 8.30. The normalized spacial score (nSPS) is 18.1. The fourth-order valence-corrected chi connectivity index (χ4v) is 3.12. The van der Waals surface area contributed by atoms with E-state index in [0.29, 0.717) is 18.5 Å². The zero-order valence-corrected chi connectivity index (χ0v) is 14.1. The first kappa shape index (κ1) is 17.0. The molecule has 1 atom stereocenters. The number of hydrogen-bond donors (Lipinski definition) is 2. The van der Waals surface area contributed by atoms with Gasteiger partial charge < -0.3 is 10.6 Å². The Balaban J connectivity index is 1.99. The number of benzene rings is 1. The smallest absolute Gasteiger partial charge is 0.238 e. The van der Waals surface area contributed by atoms with Crippen LogP contribution in [-0.2, 0) is 4.79 Å². The molecule has 1 aliphatic heterocycles. The standard InChI is InChI=1S/C18H29N3O/c1-4-11-21(15-9-10-19-12-15)13-18(22)20-17-8-6-5-7-16(17)14(2)3/h5-8,14-15,19H,4,9-13H2,1-3H3,(H,20,22). The maximum Gasteiger partial charge on any atom is 0.238 e. The second-order valence-electron chi connectivity index (χ2n) is 6.41. The summed E-state index contributed by atoms with van der Waals surface area (Å²) in [6.07, 6.45) is 2.21. The Morgan fingerprint density at radius 2 is 2.18 bits per heavy atom. The summed E-state index contributed by atoms with van der Waals surface area (Å²) in [5, 5.41) is 6.49. The fraction of sp³-hybridized carbons (Fsp3) is 0.611. The molecule has 4 nitrogen and oxygen atoms in total. The summed E-state index contributed by atoms with van der Waals surface area (Å²) < 4.78 is 0. The zero-order valence-electron chi connectivity index (χ0n) is 14.1. The van der Waals surface area contributed by atoms with Crippen LogP contribution in [0.3, 0.4) is 0 Å². The summed E-state index contributed by atoms with van der Waals surface area (Å²) in [7, 11) is 0. The van der Waals surface area contributed by atoms with E-state index < -0.39 is 0 Å². The van der Waals surface area contributed by atoms with Crippen molar-refractivity contribution >= 4 is 11.6 Å². The molecule has 122 valence electrons. The third-order valence-electron chi connectivity index (χ3n) is 4.27. The SMILES string of the molecule is CCCN(CC(=O)Nc1ccccc1C(C)C)C1CCNC1. The highest BCUT2D eigenvalue weighted by Crippen LogP contribution is 2.23. The van der Waals surface area contributed by atoms with Crippen molar-refractivity contribution in [3.8, 4) is 0 Å². The minimum absolute atomic E-state index is 0.0912. The fourth-order valence-electron chi connectivity index (χ4n) is 3.12. The lowest BCUT2D eigenvalue weighted by atomic mass is 10.0. The van der Waals surface area contributed by atoms with Gasteiger partial charge in [-0.2, -0.15) is 0 Å². The van der Waals surface area contributed by atoms with Crippen molar-refractivity contribution in [2.45, 2.75) is 45.6 Å². The molecule has 2 rings (SSSR count). The summed E-state index contributed by atoms with van der Waals surface area (Å²) in [6.45, 7) is 9.98. The Kier molecular flexibility index (Phi) is 6.40. The van der Waals surface area contributed by atoms with Crippen LogP contribution in [0.1, 0.15) is 45.1 Å². The lowest BCUT2D eigenvalue weighted by Crippen LogP contribution is -2.42. The molecule has 1 heterocycles. The Morgan fingerprint density at radius 1 is 1.41 bits per heavy atom. The molecule has 0 spiro atoms. The average molecular weight is 303 g/mol. The summed E-state index contributed by atoms with van der Waals surface area (Å²) >= 11 is 0. The van der Waals surface area contributed by atoms with E-state index in [2.05, 4.69) is 42.4 Å². The highest BCUT2D eigenvalue weighted by Gasteiger charge is 2.23. The van der Waals surface area contributed by atoms with Gasteiger partial charge in [-0.1, -0.05) is 39.0 Å². The Hall–Kier alpha value is -1.39. The maximum absolute atomic E-state index is 12.5. The van der Waals surface area contributed by atoms with Crippen LogP contribution in [0.15, 0.2) is 24.3 Å². The molecule has 1 amide bonds. The quantitative estimate of drug-likeness (QED) is 0.814. The van der Waals surface area contributed by atoms with Gasteiger partial charge in [-0.05, 0) is 43.5 Å². The van der Waals surface area contributed by atoms with Crippen LogP contribution in [0.4, 0.5) is 5.69 Å². The molecule has 1 unspecified atom stereocenters. The first-order valence-corrected chi connectivity index (χ1v) is 8.45.